The summed E-state index contributed by atoms with van der Waals surface area (Å²) in [6, 6.07) is 2.01. The molecule has 1 atom stereocenters. The Labute approximate surface area is 136 Å². The summed E-state index contributed by atoms with van der Waals surface area (Å²) in [7, 11) is -3.47. The van der Waals surface area contributed by atoms with Crippen molar-refractivity contribution in [2.24, 2.45) is 5.92 Å². The molecule has 22 heavy (non-hydrogen) atoms. The molecule has 3 nitrogen and oxygen atoms in total. The van der Waals surface area contributed by atoms with Crippen LogP contribution in [0, 0.1) is 33.6 Å². The summed E-state index contributed by atoms with van der Waals surface area (Å²) in [5.41, 5.74) is 3.75. The molecule has 1 N–H and O–H groups in total. The molecule has 0 bridgehead atoms. The largest absolute Gasteiger partial charge is 0.241 e. The predicted molar refractivity (Wildman–Crippen MR) is 93.9 cm³/mol. The molecule has 0 aliphatic carbocycles. The first kappa shape index (κ1) is 19.2. The summed E-state index contributed by atoms with van der Waals surface area (Å²) < 4.78 is 28.4. The van der Waals surface area contributed by atoms with Crippen LogP contribution in [-0.2, 0) is 10.0 Å². The molecule has 1 unspecified atom stereocenters. The number of hydrogen-bond acceptors (Lipinski definition) is 2. The van der Waals surface area contributed by atoms with Crippen LogP contribution in [0.4, 0.5) is 0 Å². The zero-order valence-electron chi connectivity index (χ0n) is 15.1. The van der Waals surface area contributed by atoms with E-state index in [1.165, 1.54) is 0 Å². The van der Waals surface area contributed by atoms with Gasteiger partial charge in [0.1, 0.15) is 0 Å². The van der Waals surface area contributed by atoms with Crippen molar-refractivity contribution in [1.82, 2.24) is 4.72 Å². The van der Waals surface area contributed by atoms with Crippen LogP contribution in [0.5, 0.6) is 0 Å². The molecule has 0 radical (unpaired) electrons. The van der Waals surface area contributed by atoms with E-state index in [1.807, 2.05) is 34.6 Å². The lowest BCUT2D eigenvalue weighted by atomic mass is 10.0. The van der Waals surface area contributed by atoms with Crippen LogP contribution in [0.1, 0.15) is 62.3 Å². The van der Waals surface area contributed by atoms with E-state index in [2.05, 4.69) is 24.6 Å². The van der Waals surface area contributed by atoms with Crippen molar-refractivity contribution in [1.29, 1.82) is 0 Å². The maximum absolute atomic E-state index is 12.8. The molecule has 0 saturated heterocycles. The third-order valence-corrected chi connectivity index (χ3v) is 6.20. The van der Waals surface area contributed by atoms with Gasteiger partial charge in [-0.05, 0) is 69.2 Å². The number of aryl methyl sites for hydroxylation is 2. The van der Waals surface area contributed by atoms with E-state index in [4.69, 9.17) is 0 Å². The first-order valence-electron chi connectivity index (χ1n) is 8.16. The second-order valence-corrected chi connectivity index (χ2v) is 8.59. The number of benzene rings is 1. The Morgan fingerprint density at radius 3 is 1.91 bits per heavy atom. The molecule has 0 aromatic heterocycles. The molecule has 0 saturated carbocycles. The summed E-state index contributed by atoms with van der Waals surface area (Å²) >= 11 is 0. The topological polar surface area (TPSA) is 46.2 Å². The Kier molecular flexibility index (Phi) is 6.63. The SMILES string of the molecule is Cc1cc(C)c(C)c(S(=O)(=O)NC(C)CCCC(C)C)c1C. The van der Waals surface area contributed by atoms with E-state index in [9.17, 15) is 8.42 Å². The van der Waals surface area contributed by atoms with Gasteiger partial charge in [0.15, 0.2) is 0 Å². The first-order valence-corrected chi connectivity index (χ1v) is 9.64. The average molecular weight is 326 g/mol. The molecule has 0 aliphatic heterocycles. The van der Waals surface area contributed by atoms with Crippen molar-refractivity contribution >= 4 is 10.0 Å². The molecule has 0 aliphatic rings. The van der Waals surface area contributed by atoms with Gasteiger partial charge in [0.2, 0.25) is 10.0 Å². The summed E-state index contributed by atoms with van der Waals surface area (Å²) in [6.45, 7) is 14.0. The standard InChI is InChI=1S/C18H31NO2S/c1-12(2)9-8-10-15(5)19-22(20,21)18-16(6)13(3)11-14(4)17(18)7/h11-12,15,19H,8-10H2,1-7H3. The van der Waals surface area contributed by atoms with Crippen LogP contribution in [-0.4, -0.2) is 14.5 Å². The summed E-state index contributed by atoms with van der Waals surface area (Å²) in [6.07, 6.45) is 3.06. The fourth-order valence-corrected chi connectivity index (χ4v) is 4.69. The molecule has 0 spiro atoms. The Morgan fingerprint density at radius 2 is 1.45 bits per heavy atom. The van der Waals surface area contributed by atoms with Crippen LogP contribution < -0.4 is 4.72 Å². The number of hydrogen-bond donors (Lipinski definition) is 1. The third-order valence-electron chi connectivity index (χ3n) is 4.34. The molecule has 126 valence electrons. The quantitative estimate of drug-likeness (QED) is 0.807. The maximum Gasteiger partial charge on any atom is 0.241 e. The Bertz CT molecular complexity index is 592. The minimum absolute atomic E-state index is 0.0385. The second kappa shape index (κ2) is 7.60. The van der Waals surface area contributed by atoms with Gasteiger partial charge < -0.3 is 0 Å². The summed E-state index contributed by atoms with van der Waals surface area (Å²) in [4.78, 5) is 0.459. The second-order valence-electron chi connectivity index (χ2n) is 6.94. The average Bonchev–Trinajstić information content (AvgIpc) is 2.35. The Balaban J connectivity index is 2.96. The summed E-state index contributed by atoms with van der Waals surface area (Å²) in [5, 5.41) is 0. The van der Waals surface area contributed by atoms with Gasteiger partial charge in [-0.1, -0.05) is 32.8 Å². The lowest BCUT2D eigenvalue weighted by molar-refractivity contribution is 0.488. The van der Waals surface area contributed by atoms with Gasteiger partial charge in [-0.2, -0.15) is 0 Å². The predicted octanol–water partition coefficient (Wildman–Crippen LogP) is 4.41. The smallest absolute Gasteiger partial charge is 0.208 e. The molecule has 0 heterocycles. The van der Waals surface area contributed by atoms with Crippen LogP contribution in [0.25, 0.3) is 0 Å². The van der Waals surface area contributed by atoms with Crippen molar-refractivity contribution in [2.45, 2.75) is 78.7 Å². The van der Waals surface area contributed by atoms with Gasteiger partial charge in [-0.3, -0.25) is 0 Å². The van der Waals surface area contributed by atoms with Gasteiger partial charge in [0, 0.05) is 6.04 Å². The third kappa shape index (κ3) is 4.82. The summed E-state index contributed by atoms with van der Waals surface area (Å²) in [5.74, 6) is 0.660. The van der Waals surface area contributed by atoms with E-state index in [0.717, 1.165) is 41.5 Å². The van der Waals surface area contributed by atoms with Crippen LogP contribution in [0.3, 0.4) is 0 Å². The number of rotatable bonds is 7. The van der Waals surface area contributed by atoms with Crippen molar-refractivity contribution < 1.29 is 8.42 Å². The molecule has 0 amide bonds. The fraction of sp³-hybridized carbons (Fsp3) is 0.667. The first-order chi connectivity index (χ1) is 10.1. The molecular formula is C18H31NO2S. The van der Waals surface area contributed by atoms with Crippen molar-refractivity contribution in [3.63, 3.8) is 0 Å². The van der Waals surface area contributed by atoms with E-state index < -0.39 is 10.0 Å². The van der Waals surface area contributed by atoms with Gasteiger partial charge in [-0.25, -0.2) is 13.1 Å². The highest BCUT2D eigenvalue weighted by atomic mass is 32.2. The molecule has 1 rings (SSSR count). The van der Waals surface area contributed by atoms with Crippen LogP contribution >= 0.6 is 0 Å². The van der Waals surface area contributed by atoms with Crippen LogP contribution in [0.15, 0.2) is 11.0 Å². The molecule has 0 fully saturated rings. The normalized spacial score (nSPS) is 13.6. The van der Waals surface area contributed by atoms with Crippen molar-refractivity contribution in [3.8, 4) is 0 Å². The minimum atomic E-state index is -3.47. The maximum atomic E-state index is 12.8. The molecule has 1 aromatic carbocycles. The highest BCUT2D eigenvalue weighted by Crippen LogP contribution is 2.26. The van der Waals surface area contributed by atoms with E-state index >= 15 is 0 Å². The van der Waals surface area contributed by atoms with Crippen LogP contribution in [0.2, 0.25) is 0 Å². The number of sulfonamides is 1. The minimum Gasteiger partial charge on any atom is -0.208 e. The van der Waals surface area contributed by atoms with Crippen molar-refractivity contribution in [2.75, 3.05) is 0 Å². The lowest BCUT2D eigenvalue weighted by Gasteiger charge is -2.19. The van der Waals surface area contributed by atoms with Crippen molar-refractivity contribution in [3.05, 3.63) is 28.3 Å². The zero-order valence-corrected chi connectivity index (χ0v) is 15.9. The molecule has 4 heteroatoms. The van der Waals surface area contributed by atoms with Gasteiger partial charge >= 0.3 is 0 Å². The van der Waals surface area contributed by atoms with Gasteiger partial charge in [0.25, 0.3) is 0 Å². The monoisotopic (exact) mass is 325 g/mol. The highest BCUT2D eigenvalue weighted by molar-refractivity contribution is 7.89. The lowest BCUT2D eigenvalue weighted by Crippen LogP contribution is -2.33. The van der Waals surface area contributed by atoms with Gasteiger partial charge in [-0.15, -0.1) is 0 Å². The highest BCUT2D eigenvalue weighted by Gasteiger charge is 2.23. The van der Waals surface area contributed by atoms with E-state index in [-0.39, 0.29) is 6.04 Å². The Hall–Kier alpha value is -0.870. The zero-order chi connectivity index (χ0) is 17.1. The molecular weight excluding hydrogens is 294 g/mol. The molecule has 1 aromatic rings. The number of nitrogens with one attached hydrogen (secondary N) is 1. The fourth-order valence-electron chi connectivity index (χ4n) is 2.80. The van der Waals surface area contributed by atoms with Gasteiger partial charge in [0.05, 0.1) is 4.90 Å². The van der Waals surface area contributed by atoms with E-state index in [0.29, 0.717) is 10.8 Å². The van der Waals surface area contributed by atoms with E-state index in [1.54, 1.807) is 0 Å². The Morgan fingerprint density at radius 1 is 0.955 bits per heavy atom.